The molecule has 1 aromatic rings. The molecule has 2 heterocycles. The monoisotopic (exact) mass is 393 g/mol. The standard InChI is InChI=1S/C13H16FN3O2.HI/c1-17-3-2-15-13(17)16-6-9-4-11(14)5-10-7-18-8-19-12(9)10;/h4-5H,2-3,6-8H2,1H3,(H,15,16);1H. The lowest BCUT2D eigenvalue weighted by Crippen LogP contribution is -2.35. The molecule has 2 aliphatic heterocycles. The molecule has 0 amide bonds. The van der Waals surface area contributed by atoms with E-state index in [1.165, 1.54) is 12.1 Å². The average Bonchev–Trinajstić information content (AvgIpc) is 2.81. The molecule has 2 aliphatic rings. The van der Waals surface area contributed by atoms with Crippen LogP contribution in [0, 0.1) is 5.82 Å². The van der Waals surface area contributed by atoms with Crippen LogP contribution in [0.15, 0.2) is 17.1 Å². The Balaban J connectivity index is 0.00000147. The zero-order valence-corrected chi connectivity index (χ0v) is 13.5. The van der Waals surface area contributed by atoms with Crippen molar-refractivity contribution in [3.63, 3.8) is 0 Å². The highest BCUT2D eigenvalue weighted by Crippen LogP contribution is 2.29. The Morgan fingerprint density at radius 2 is 2.30 bits per heavy atom. The fraction of sp³-hybridized carbons (Fsp3) is 0.462. The Morgan fingerprint density at radius 3 is 3.05 bits per heavy atom. The lowest BCUT2D eigenvalue weighted by molar-refractivity contribution is -0.0173. The van der Waals surface area contributed by atoms with E-state index in [0.29, 0.717) is 13.2 Å². The maximum Gasteiger partial charge on any atom is 0.194 e. The molecule has 0 spiro atoms. The quantitative estimate of drug-likeness (QED) is 0.778. The number of guanidine groups is 1. The first-order valence-electron chi connectivity index (χ1n) is 6.25. The summed E-state index contributed by atoms with van der Waals surface area (Å²) in [7, 11) is 1.98. The molecule has 0 saturated carbocycles. The zero-order valence-electron chi connectivity index (χ0n) is 11.2. The van der Waals surface area contributed by atoms with Crippen molar-refractivity contribution >= 4 is 29.9 Å². The van der Waals surface area contributed by atoms with E-state index in [2.05, 4.69) is 10.3 Å². The Labute approximate surface area is 134 Å². The van der Waals surface area contributed by atoms with Crippen LogP contribution in [0.1, 0.15) is 11.1 Å². The van der Waals surface area contributed by atoms with Gasteiger partial charge in [-0.1, -0.05) is 0 Å². The number of nitrogens with one attached hydrogen (secondary N) is 1. The number of ether oxygens (including phenoxy) is 2. The molecule has 0 atom stereocenters. The average molecular weight is 393 g/mol. The topological polar surface area (TPSA) is 46.1 Å². The fourth-order valence-corrected chi connectivity index (χ4v) is 2.29. The highest BCUT2D eigenvalue weighted by atomic mass is 127. The van der Waals surface area contributed by atoms with Gasteiger partial charge in [0, 0.05) is 31.3 Å². The molecule has 0 unspecified atom stereocenters. The van der Waals surface area contributed by atoms with Crippen molar-refractivity contribution in [2.45, 2.75) is 13.2 Å². The van der Waals surface area contributed by atoms with E-state index >= 15 is 0 Å². The minimum atomic E-state index is -0.272. The molecule has 20 heavy (non-hydrogen) atoms. The number of nitrogens with zero attached hydrogens (tertiary/aromatic N) is 2. The number of benzene rings is 1. The van der Waals surface area contributed by atoms with Crippen LogP contribution < -0.4 is 10.1 Å². The first-order valence-corrected chi connectivity index (χ1v) is 6.25. The number of aliphatic imine (C=N–C) groups is 1. The third-order valence-electron chi connectivity index (χ3n) is 3.25. The number of likely N-dealkylation sites (N-methyl/N-ethyl adjacent to an activating group) is 1. The SMILES string of the molecule is CN1CCN=C1NCc1cc(F)cc2c1OCOC2.I. The molecule has 1 N–H and O–H groups in total. The molecule has 0 bridgehead atoms. The van der Waals surface area contributed by atoms with Gasteiger partial charge in [-0.25, -0.2) is 4.39 Å². The summed E-state index contributed by atoms with van der Waals surface area (Å²) >= 11 is 0. The minimum absolute atomic E-state index is 0. The number of fused-ring (bicyclic) bond motifs is 1. The summed E-state index contributed by atoms with van der Waals surface area (Å²) in [4.78, 5) is 6.38. The van der Waals surface area contributed by atoms with Crippen LogP contribution in [0.25, 0.3) is 0 Å². The van der Waals surface area contributed by atoms with Gasteiger partial charge in [0.05, 0.1) is 13.2 Å². The van der Waals surface area contributed by atoms with Gasteiger partial charge < -0.3 is 19.7 Å². The second kappa shape index (κ2) is 6.57. The van der Waals surface area contributed by atoms with Gasteiger partial charge >= 0.3 is 0 Å². The van der Waals surface area contributed by atoms with E-state index in [-0.39, 0.29) is 36.6 Å². The molecule has 0 aromatic heterocycles. The zero-order chi connectivity index (χ0) is 13.2. The Bertz CT molecular complexity index is 525. The summed E-state index contributed by atoms with van der Waals surface area (Å²) in [5.41, 5.74) is 1.55. The van der Waals surface area contributed by atoms with Crippen molar-refractivity contribution in [3.05, 3.63) is 29.1 Å². The van der Waals surface area contributed by atoms with Crippen molar-refractivity contribution in [2.24, 2.45) is 4.99 Å². The number of rotatable bonds is 2. The van der Waals surface area contributed by atoms with Gasteiger partial charge in [-0.15, -0.1) is 24.0 Å². The van der Waals surface area contributed by atoms with E-state index < -0.39 is 0 Å². The van der Waals surface area contributed by atoms with E-state index in [9.17, 15) is 4.39 Å². The van der Waals surface area contributed by atoms with Crippen molar-refractivity contribution in [1.29, 1.82) is 0 Å². The van der Waals surface area contributed by atoms with Gasteiger partial charge in [0.25, 0.3) is 0 Å². The fourth-order valence-electron chi connectivity index (χ4n) is 2.29. The summed E-state index contributed by atoms with van der Waals surface area (Å²) in [5.74, 6) is 1.29. The first kappa shape index (κ1) is 15.3. The largest absolute Gasteiger partial charge is 0.467 e. The molecule has 0 fully saturated rings. The van der Waals surface area contributed by atoms with Crippen molar-refractivity contribution in [2.75, 3.05) is 26.9 Å². The first-order chi connectivity index (χ1) is 9.24. The van der Waals surface area contributed by atoms with Gasteiger partial charge in [-0.2, -0.15) is 0 Å². The third kappa shape index (κ3) is 3.14. The van der Waals surface area contributed by atoms with Crippen LogP contribution >= 0.6 is 24.0 Å². The van der Waals surface area contributed by atoms with E-state index in [4.69, 9.17) is 9.47 Å². The normalized spacial score (nSPS) is 16.9. The van der Waals surface area contributed by atoms with Gasteiger partial charge in [0.1, 0.15) is 11.6 Å². The summed E-state index contributed by atoms with van der Waals surface area (Å²) in [6.07, 6.45) is 0. The van der Waals surface area contributed by atoms with Crippen LogP contribution in [-0.4, -0.2) is 37.8 Å². The second-order valence-corrected chi connectivity index (χ2v) is 4.64. The number of halogens is 2. The molecule has 3 rings (SSSR count). The second-order valence-electron chi connectivity index (χ2n) is 4.64. The summed E-state index contributed by atoms with van der Waals surface area (Å²) in [6, 6.07) is 2.95. The van der Waals surface area contributed by atoms with Crippen LogP contribution in [0.2, 0.25) is 0 Å². The molecule has 110 valence electrons. The van der Waals surface area contributed by atoms with Crippen LogP contribution in [0.3, 0.4) is 0 Å². The third-order valence-corrected chi connectivity index (χ3v) is 3.25. The highest BCUT2D eigenvalue weighted by Gasteiger charge is 2.18. The Hall–Kier alpha value is -1.09. The van der Waals surface area contributed by atoms with E-state index in [1.807, 2.05) is 11.9 Å². The predicted octanol–water partition coefficient (Wildman–Crippen LogP) is 1.70. The Kier molecular flexibility index (Phi) is 5.03. The molecular formula is C13H17FIN3O2. The maximum absolute atomic E-state index is 13.6. The van der Waals surface area contributed by atoms with E-state index in [1.54, 1.807) is 0 Å². The summed E-state index contributed by atoms with van der Waals surface area (Å²) in [6.45, 7) is 2.80. The molecule has 0 radical (unpaired) electrons. The van der Waals surface area contributed by atoms with Crippen molar-refractivity contribution < 1.29 is 13.9 Å². The smallest absolute Gasteiger partial charge is 0.194 e. The predicted molar refractivity (Wildman–Crippen MR) is 83.9 cm³/mol. The Morgan fingerprint density at radius 1 is 1.45 bits per heavy atom. The minimum Gasteiger partial charge on any atom is -0.467 e. The van der Waals surface area contributed by atoms with Gasteiger partial charge in [0.15, 0.2) is 12.8 Å². The highest BCUT2D eigenvalue weighted by molar-refractivity contribution is 14.0. The van der Waals surface area contributed by atoms with Crippen molar-refractivity contribution in [3.8, 4) is 5.75 Å². The van der Waals surface area contributed by atoms with Gasteiger partial charge in [-0.05, 0) is 12.1 Å². The van der Waals surface area contributed by atoms with E-state index in [0.717, 1.165) is 35.9 Å². The molecule has 5 nitrogen and oxygen atoms in total. The van der Waals surface area contributed by atoms with Gasteiger partial charge in [0.2, 0.25) is 0 Å². The molecular weight excluding hydrogens is 376 g/mol. The molecule has 0 aliphatic carbocycles. The lowest BCUT2D eigenvalue weighted by Gasteiger charge is -2.22. The maximum atomic E-state index is 13.6. The lowest BCUT2D eigenvalue weighted by atomic mass is 10.1. The summed E-state index contributed by atoms with van der Waals surface area (Å²) < 4.78 is 24.2. The van der Waals surface area contributed by atoms with Crippen LogP contribution in [-0.2, 0) is 17.9 Å². The molecule has 7 heteroatoms. The molecule has 0 saturated heterocycles. The van der Waals surface area contributed by atoms with Crippen LogP contribution in [0.5, 0.6) is 5.75 Å². The number of hydrogen-bond donors (Lipinski definition) is 1. The molecule has 1 aromatic carbocycles. The van der Waals surface area contributed by atoms with Crippen LogP contribution in [0.4, 0.5) is 4.39 Å². The van der Waals surface area contributed by atoms with Gasteiger partial charge in [-0.3, -0.25) is 4.99 Å². The number of hydrogen-bond acceptors (Lipinski definition) is 5. The summed E-state index contributed by atoms with van der Waals surface area (Å²) in [5, 5.41) is 3.21. The van der Waals surface area contributed by atoms with Crippen molar-refractivity contribution in [1.82, 2.24) is 10.2 Å².